The van der Waals surface area contributed by atoms with Crippen LogP contribution in [0.4, 0.5) is 9.59 Å². The largest absolute Gasteiger partial charge is 0.508 e. The first-order valence-corrected chi connectivity index (χ1v) is 14.7. The first kappa shape index (κ1) is 49.9. The van der Waals surface area contributed by atoms with Crippen molar-refractivity contribution in [1.82, 2.24) is 0 Å². The standard InChI is InChI=1S/C29H52O15.2Y/c1-10-22(30)17-38-24(32)28(6,7)41-13-12-37-26(34)42-19(3)14-36-15-20(4)43-27(35)40-16-21(5)44-29(8,9)25(33)39-18-23(31)11-2;;/h19-23,30-31H,10-18H2,1-9H3;;. The maximum Gasteiger partial charge on any atom is 0.508 e. The maximum absolute atomic E-state index is 12.2. The number of aliphatic hydroxyl groups is 2. The fourth-order valence-electron chi connectivity index (χ4n) is 3.04. The zero-order valence-electron chi connectivity index (χ0n) is 28.6. The molecule has 5 unspecified atom stereocenters. The van der Waals surface area contributed by atoms with Crippen LogP contribution >= 0.6 is 0 Å². The molecule has 0 bridgehead atoms. The molecule has 0 aromatic rings. The van der Waals surface area contributed by atoms with Crippen molar-refractivity contribution in [1.29, 1.82) is 0 Å². The molecule has 0 amide bonds. The average molecular weight is 819 g/mol. The third kappa shape index (κ3) is 23.8. The van der Waals surface area contributed by atoms with Gasteiger partial charge >= 0.3 is 24.2 Å². The summed E-state index contributed by atoms with van der Waals surface area (Å²) in [5, 5.41) is 19.0. The van der Waals surface area contributed by atoms with Gasteiger partial charge in [-0.25, -0.2) is 19.2 Å². The molecule has 0 aromatic carbocycles. The second-order valence-corrected chi connectivity index (χ2v) is 11.2. The second kappa shape index (κ2) is 26.4. The molecule has 17 heteroatoms. The van der Waals surface area contributed by atoms with Crippen LogP contribution in [0, 0.1) is 0 Å². The number of carbonyl (C=O) groups excluding carboxylic acids is 4. The van der Waals surface area contributed by atoms with E-state index < -0.39 is 66.0 Å². The Morgan fingerprint density at radius 1 is 0.587 bits per heavy atom. The van der Waals surface area contributed by atoms with Crippen LogP contribution in [0.3, 0.4) is 0 Å². The van der Waals surface area contributed by atoms with Gasteiger partial charge in [-0.1, -0.05) is 13.8 Å². The Hall–Kier alpha value is -0.512. The monoisotopic (exact) mass is 818 g/mol. The summed E-state index contributed by atoms with van der Waals surface area (Å²) < 4.78 is 46.7. The van der Waals surface area contributed by atoms with Crippen molar-refractivity contribution in [2.24, 2.45) is 0 Å². The van der Waals surface area contributed by atoms with Gasteiger partial charge in [0.05, 0.1) is 38.1 Å². The normalized spacial score (nSPS) is 14.6. The van der Waals surface area contributed by atoms with Crippen molar-refractivity contribution in [3.8, 4) is 0 Å². The van der Waals surface area contributed by atoms with Crippen molar-refractivity contribution in [3.05, 3.63) is 0 Å². The Bertz CT molecular complexity index is 872. The van der Waals surface area contributed by atoms with E-state index >= 15 is 0 Å². The second-order valence-electron chi connectivity index (χ2n) is 11.2. The number of hydrogen-bond acceptors (Lipinski definition) is 15. The number of hydrogen-bond donors (Lipinski definition) is 2. The van der Waals surface area contributed by atoms with Crippen molar-refractivity contribution < 1.29 is 137 Å². The van der Waals surface area contributed by atoms with Crippen LogP contribution in [-0.2, 0) is 118 Å². The van der Waals surface area contributed by atoms with E-state index in [0.717, 1.165) is 0 Å². The Kier molecular flexibility index (Phi) is 28.6. The molecular weight excluding hydrogens is 766 g/mol. The molecule has 0 aliphatic carbocycles. The molecule has 0 aromatic heterocycles. The number of esters is 2. The zero-order chi connectivity index (χ0) is 33.9. The van der Waals surface area contributed by atoms with Gasteiger partial charge in [0.15, 0.2) is 11.2 Å². The minimum Gasteiger partial charge on any atom is -0.461 e. The number of rotatable bonds is 22. The van der Waals surface area contributed by atoms with Gasteiger partial charge in [-0.2, -0.15) is 0 Å². The molecule has 0 aliphatic heterocycles. The van der Waals surface area contributed by atoms with Crippen LogP contribution in [0.15, 0.2) is 0 Å². The fraction of sp³-hybridized carbons (Fsp3) is 0.862. The van der Waals surface area contributed by atoms with Crippen LogP contribution in [0.1, 0.15) is 75.2 Å². The van der Waals surface area contributed by atoms with Crippen molar-refractivity contribution in [2.75, 3.05) is 46.2 Å². The molecule has 0 fully saturated rings. The van der Waals surface area contributed by atoms with Gasteiger partial charge in [-0.05, 0) is 61.3 Å². The Labute approximate surface area is 322 Å². The smallest absolute Gasteiger partial charge is 0.461 e. The molecule has 0 spiro atoms. The fourth-order valence-corrected chi connectivity index (χ4v) is 3.04. The third-order valence-corrected chi connectivity index (χ3v) is 5.74. The Balaban J connectivity index is -0.00000924. The van der Waals surface area contributed by atoms with Gasteiger partial charge in [-0.3, -0.25) is 0 Å². The van der Waals surface area contributed by atoms with E-state index in [0.29, 0.717) is 12.8 Å². The van der Waals surface area contributed by atoms with Crippen molar-refractivity contribution in [3.63, 3.8) is 0 Å². The number of aliphatic hydroxyl groups excluding tert-OH is 2. The molecule has 5 atom stereocenters. The first-order valence-electron chi connectivity index (χ1n) is 14.7. The average Bonchev–Trinajstić information content (AvgIpc) is 2.94. The van der Waals surface area contributed by atoms with E-state index in [2.05, 4.69) is 0 Å². The molecule has 2 N–H and O–H groups in total. The molecule has 264 valence electrons. The van der Waals surface area contributed by atoms with E-state index in [1.54, 1.807) is 34.6 Å². The van der Waals surface area contributed by atoms with Gasteiger partial charge in [0, 0.05) is 65.4 Å². The molecule has 0 saturated heterocycles. The molecule has 2 radical (unpaired) electrons. The van der Waals surface area contributed by atoms with Gasteiger partial charge in [0.2, 0.25) is 0 Å². The third-order valence-electron chi connectivity index (χ3n) is 5.74. The first-order chi connectivity index (χ1) is 20.4. The van der Waals surface area contributed by atoms with Crippen LogP contribution in [0.5, 0.6) is 0 Å². The molecule has 0 aliphatic rings. The summed E-state index contributed by atoms with van der Waals surface area (Å²) >= 11 is 0. The predicted octanol–water partition coefficient (Wildman–Crippen LogP) is 2.69. The minimum absolute atomic E-state index is 0. The minimum atomic E-state index is -1.33. The van der Waals surface area contributed by atoms with Gasteiger partial charge in [-0.15, -0.1) is 0 Å². The SMILES string of the molecule is CCC(O)COC(=O)C(C)(C)OCCOC(=O)OC(C)COCC(C)OC(=O)OCC(C)OC(C)(C)C(=O)OCC(O)CC.[Y].[Y]. The summed E-state index contributed by atoms with van der Waals surface area (Å²) in [5.41, 5.74) is -2.63. The Morgan fingerprint density at radius 2 is 1.02 bits per heavy atom. The molecular formula is C29H52O15Y2. The Morgan fingerprint density at radius 3 is 1.48 bits per heavy atom. The number of ether oxygens (including phenoxy) is 9. The van der Waals surface area contributed by atoms with E-state index in [9.17, 15) is 29.4 Å². The molecule has 46 heavy (non-hydrogen) atoms. The molecule has 0 rings (SSSR count). The van der Waals surface area contributed by atoms with Crippen molar-refractivity contribution in [2.45, 2.75) is 117 Å². The predicted molar refractivity (Wildman–Crippen MR) is 154 cm³/mol. The molecule has 15 nitrogen and oxygen atoms in total. The summed E-state index contributed by atoms with van der Waals surface area (Å²) in [7, 11) is 0. The summed E-state index contributed by atoms with van der Waals surface area (Å²) in [6, 6.07) is 0. The maximum atomic E-state index is 12.2. The quantitative estimate of drug-likeness (QED) is 0.0921. The van der Waals surface area contributed by atoms with Gasteiger partial charge in [0.25, 0.3) is 0 Å². The van der Waals surface area contributed by atoms with E-state index in [-0.39, 0.29) is 112 Å². The molecule has 0 heterocycles. The van der Waals surface area contributed by atoms with Crippen LogP contribution in [0.2, 0.25) is 0 Å². The summed E-state index contributed by atoms with van der Waals surface area (Å²) in [6.07, 6.45) is -4.58. The summed E-state index contributed by atoms with van der Waals surface area (Å²) in [6.45, 7) is 13.5. The van der Waals surface area contributed by atoms with E-state index in [1.165, 1.54) is 27.7 Å². The zero-order valence-corrected chi connectivity index (χ0v) is 34.3. The summed E-state index contributed by atoms with van der Waals surface area (Å²) in [5.74, 6) is -1.31. The van der Waals surface area contributed by atoms with Crippen LogP contribution in [0.25, 0.3) is 0 Å². The van der Waals surface area contributed by atoms with Crippen LogP contribution in [-0.4, -0.2) is 122 Å². The van der Waals surface area contributed by atoms with Crippen LogP contribution < -0.4 is 0 Å². The summed E-state index contributed by atoms with van der Waals surface area (Å²) in [4.78, 5) is 48.2. The molecule has 0 saturated carbocycles. The van der Waals surface area contributed by atoms with Gasteiger partial charge in [0.1, 0.15) is 38.6 Å². The van der Waals surface area contributed by atoms with Crippen molar-refractivity contribution >= 4 is 24.2 Å². The number of carbonyl (C=O) groups is 4. The van der Waals surface area contributed by atoms with E-state index in [1.807, 2.05) is 0 Å². The van der Waals surface area contributed by atoms with Gasteiger partial charge < -0.3 is 52.8 Å². The topological polar surface area (TPSA) is 192 Å². The van der Waals surface area contributed by atoms with E-state index in [4.69, 9.17) is 42.6 Å².